The molecule has 4 heteroatoms. The van der Waals surface area contributed by atoms with Crippen molar-refractivity contribution in [3.8, 4) is 0 Å². The Morgan fingerprint density at radius 2 is 1.72 bits per heavy atom. The van der Waals surface area contributed by atoms with Crippen molar-refractivity contribution < 1.29 is 9.53 Å². The zero-order chi connectivity index (χ0) is 17.6. The Morgan fingerprint density at radius 1 is 1.08 bits per heavy atom. The minimum absolute atomic E-state index is 0.222. The lowest BCUT2D eigenvalue weighted by Gasteiger charge is -2.35. The molecule has 0 aromatic heterocycles. The Labute approximate surface area is 152 Å². The van der Waals surface area contributed by atoms with Crippen molar-refractivity contribution in [1.82, 2.24) is 9.80 Å². The first-order valence-electron chi connectivity index (χ1n) is 9.81. The van der Waals surface area contributed by atoms with Crippen LogP contribution in [0.2, 0.25) is 0 Å². The lowest BCUT2D eigenvalue weighted by Crippen LogP contribution is -2.47. The number of rotatable bonds is 5. The van der Waals surface area contributed by atoms with Gasteiger partial charge in [-0.2, -0.15) is 0 Å². The molecule has 2 saturated heterocycles. The van der Waals surface area contributed by atoms with Gasteiger partial charge in [0.15, 0.2) is 0 Å². The van der Waals surface area contributed by atoms with Crippen LogP contribution in [0.3, 0.4) is 0 Å². The summed E-state index contributed by atoms with van der Waals surface area (Å²) in [5.74, 6) is 1.17. The summed E-state index contributed by atoms with van der Waals surface area (Å²) in [5.41, 5.74) is 2.82. The molecule has 4 nitrogen and oxygen atoms in total. The molecule has 0 saturated carbocycles. The van der Waals surface area contributed by atoms with E-state index in [1.165, 1.54) is 11.1 Å². The third-order valence-corrected chi connectivity index (χ3v) is 5.62. The van der Waals surface area contributed by atoms with E-state index in [9.17, 15) is 4.79 Å². The van der Waals surface area contributed by atoms with Gasteiger partial charge in [-0.3, -0.25) is 4.79 Å². The molecule has 2 heterocycles. The van der Waals surface area contributed by atoms with Crippen LogP contribution in [0, 0.1) is 5.92 Å². The fourth-order valence-electron chi connectivity index (χ4n) is 3.80. The number of benzene rings is 1. The minimum Gasteiger partial charge on any atom is -0.378 e. The van der Waals surface area contributed by atoms with Crippen molar-refractivity contribution in [2.24, 2.45) is 5.92 Å². The number of hydrogen-bond donors (Lipinski definition) is 0. The van der Waals surface area contributed by atoms with Gasteiger partial charge in [-0.05, 0) is 49.4 Å². The second kappa shape index (κ2) is 8.81. The SMILES string of the molecule is CC(C)c1ccc(CCN2CCC(C(=O)N3CCOCC3)CC2)cc1. The van der Waals surface area contributed by atoms with Gasteiger partial charge in [-0.15, -0.1) is 0 Å². The summed E-state index contributed by atoms with van der Waals surface area (Å²) in [6.45, 7) is 10.6. The van der Waals surface area contributed by atoms with Gasteiger partial charge >= 0.3 is 0 Å². The van der Waals surface area contributed by atoms with Crippen LogP contribution in [0.4, 0.5) is 0 Å². The summed E-state index contributed by atoms with van der Waals surface area (Å²) in [4.78, 5) is 17.1. The molecule has 2 fully saturated rings. The van der Waals surface area contributed by atoms with Crippen molar-refractivity contribution in [3.63, 3.8) is 0 Å². The molecule has 2 aliphatic rings. The van der Waals surface area contributed by atoms with Crippen LogP contribution in [0.5, 0.6) is 0 Å². The molecule has 138 valence electrons. The van der Waals surface area contributed by atoms with Crippen LogP contribution in [0.25, 0.3) is 0 Å². The molecule has 1 amide bonds. The van der Waals surface area contributed by atoms with E-state index >= 15 is 0 Å². The smallest absolute Gasteiger partial charge is 0.225 e. The van der Waals surface area contributed by atoms with Crippen LogP contribution in [0.15, 0.2) is 24.3 Å². The summed E-state index contributed by atoms with van der Waals surface area (Å²) in [6.07, 6.45) is 3.10. The molecule has 0 bridgehead atoms. The van der Waals surface area contributed by atoms with E-state index in [-0.39, 0.29) is 5.92 Å². The number of piperidine rings is 1. The number of carbonyl (C=O) groups is 1. The van der Waals surface area contributed by atoms with Gasteiger partial charge in [0.2, 0.25) is 5.91 Å². The third kappa shape index (κ3) is 5.05. The van der Waals surface area contributed by atoms with Crippen molar-refractivity contribution in [2.45, 2.75) is 39.0 Å². The molecule has 1 aromatic rings. The van der Waals surface area contributed by atoms with E-state index in [0.29, 0.717) is 25.0 Å². The van der Waals surface area contributed by atoms with E-state index in [0.717, 1.165) is 52.0 Å². The number of likely N-dealkylation sites (tertiary alicyclic amines) is 1. The molecule has 3 rings (SSSR count). The Morgan fingerprint density at radius 3 is 2.32 bits per heavy atom. The maximum Gasteiger partial charge on any atom is 0.225 e. The first kappa shape index (κ1) is 18.4. The maximum atomic E-state index is 12.6. The summed E-state index contributed by atoms with van der Waals surface area (Å²) < 4.78 is 5.35. The van der Waals surface area contributed by atoms with E-state index in [4.69, 9.17) is 4.74 Å². The number of nitrogens with zero attached hydrogens (tertiary/aromatic N) is 2. The van der Waals surface area contributed by atoms with Crippen molar-refractivity contribution >= 4 is 5.91 Å². The first-order valence-corrected chi connectivity index (χ1v) is 9.81. The fourth-order valence-corrected chi connectivity index (χ4v) is 3.80. The van der Waals surface area contributed by atoms with E-state index in [1.807, 2.05) is 4.90 Å². The van der Waals surface area contributed by atoms with Gasteiger partial charge < -0.3 is 14.5 Å². The molecule has 0 N–H and O–H groups in total. The quantitative estimate of drug-likeness (QED) is 0.823. The molecule has 0 aliphatic carbocycles. The summed E-state index contributed by atoms with van der Waals surface area (Å²) >= 11 is 0. The standard InChI is InChI=1S/C21H32N2O2/c1-17(2)19-5-3-18(4-6-19)7-10-22-11-8-20(9-12-22)21(24)23-13-15-25-16-14-23/h3-6,17,20H,7-16H2,1-2H3. The number of carbonyl (C=O) groups excluding carboxylic acids is 1. The fraction of sp³-hybridized carbons (Fsp3) is 0.667. The van der Waals surface area contributed by atoms with Crippen LogP contribution in [0.1, 0.15) is 43.7 Å². The molecule has 2 aliphatic heterocycles. The normalized spacial score (nSPS) is 20.2. The van der Waals surface area contributed by atoms with Crippen molar-refractivity contribution in [2.75, 3.05) is 45.9 Å². The van der Waals surface area contributed by atoms with E-state index in [2.05, 4.69) is 43.0 Å². The summed E-state index contributed by atoms with van der Waals surface area (Å²) in [6, 6.07) is 9.05. The molecule has 1 aromatic carbocycles. The van der Waals surface area contributed by atoms with Gasteiger partial charge in [-0.1, -0.05) is 38.1 Å². The van der Waals surface area contributed by atoms with Crippen LogP contribution in [-0.2, 0) is 16.0 Å². The lowest BCUT2D eigenvalue weighted by atomic mass is 9.94. The molecule has 0 spiro atoms. The minimum atomic E-state index is 0.222. The van der Waals surface area contributed by atoms with Gasteiger partial charge in [0, 0.05) is 25.6 Å². The van der Waals surface area contributed by atoms with Gasteiger partial charge in [0.05, 0.1) is 13.2 Å². The topological polar surface area (TPSA) is 32.8 Å². The monoisotopic (exact) mass is 344 g/mol. The highest BCUT2D eigenvalue weighted by molar-refractivity contribution is 5.79. The number of morpholine rings is 1. The molecular weight excluding hydrogens is 312 g/mol. The largest absolute Gasteiger partial charge is 0.378 e. The number of hydrogen-bond acceptors (Lipinski definition) is 3. The molecular formula is C21H32N2O2. The summed E-state index contributed by atoms with van der Waals surface area (Å²) in [5, 5.41) is 0. The molecule has 0 radical (unpaired) electrons. The van der Waals surface area contributed by atoms with E-state index in [1.54, 1.807) is 0 Å². The maximum absolute atomic E-state index is 12.6. The lowest BCUT2D eigenvalue weighted by molar-refractivity contribution is -0.141. The number of ether oxygens (including phenoxy) is 1. The van der Waals surface area contributed by atoms with E-state index < -0.39 is 0 Å². The molecule has 25 heavy (non-hydrogen) atoms. The van der Waals surface area contributed by atoms with Crippen molar-refractivity contribution in [1.29, 1.82) is 0 Å². The Bertz CT molecular complexity index is 542. The predicted molar refractivity (Wildman–Crippen MR) is 101 cm³/mol. The second-order valence-corrected chi connectivity index (χ2v) is 7.70. The zero-order valence-corrected chi connectivity index (χ0v) is 15.7. The number of amides is 1. The highest BCUT2D eigenvalue weighted by Crippen LogP contribution is 2.21. The van der Waals surface area contributed by atoms with Crippen LogP contribution in [-0.4, -0.2) is 61.6 Å². The zero-order valence-electron chi connectivity index (χ0n) is 15.7. The molecule has 0 unspecified atom stereocenters. The average molecular weight is 344 g/mol. The average Bonchev–Trinajstić information content (AvgIpc) is 2.67. The van der Waals surface area contributed by atoms with Gasteiger partial charge in [0.1, 0.15) is 0 Å². The Hall–Kier alpha value is -1.39. The third-order valence-electron chi connectivity index (χ3n) is 5.62. The van der Waals surface area contributed by atoms with Crippen LogP contribution < -0.4 is 0 Å². The first-order chi connectivity index (χ1) is 12.1. The Kier molecular flexibility index (Phi) is 6.49. The second-order valence-electron chi connectivity index (χ2n) is 7.70. The highest BCUT2D eigenvalue weighted by atomic mass is 16.5. The van der Waals surface area contributed by atoms with Crippen molar-refractivity contribution in [3.05, 3.63) is 35.4 Å². The van der Waals surface area contributed by atoms with Crippen LogP contribution >= 0.6 is 0 Å². The highest BCUT2D eigenvalue weighted by Gasteiger charge is 2.29. The molecule has 0 atom stereocenters. The van der Waals surface area contributed by atoms with Gasteiger partial charge in [0.25, 0.3) is 0 Å². The van der Waals surface area contributed by atoms with Gasteiger partial charge in [-0.25, -0.2) is 0 Å². The Balaban J connectivity index is 1.41. The summed E-state index contributed by atoms with van der Waals surface area (Å²) in [7, 11) is 0. The predicted octanol–water partition coefficient (Wildman–Crippen LogP) is 2.92.